The lowest BCUT2D eigenvalue weighted by Crippen LogP contribution is -2.49. The Morgan fingerprint density at radius 2 is 1.53 bits per heavy atom. The quantitative estimate of drug-likeness (QED) is 0.655. The van der Waals surface area contributed by atoms with Crippen LogP contribution in [-0.4, -0.2) is 62.0 Å². The molecule has 4 rings (SSSR count). The maximum atomic E-state index is 13.6. The molecule has 2 heterocycles. The van der Waals surface area contributed by atoms with Crippen molar-refractivity contribution < 1.29 is 9.59 Å². The minimum absolute atomic E-state index is 0.00531. The fourth-order valence-electron chi connectivity index (χ4n) is 5.22. The van der Waals surface area contributed by atoms with Crippen LogP contribution < -0.4 is 15.1 Å². The van der Waals surface area contributed by atoms with E-state index in [9.17, 15) is 9.59 Å². The number of para-hydroxylation sites is 1. The number of aryl methyl sites for hydroxylation is 2. The first-order chi connectivity index (χ1) is 17.1. The Bertz CT molecular complexity index is 1070. The average molecular weight is 491 g/mol. The lowest BCUT2D eigenvalue weighted by atomic mass is 9.91. The summed E-state index contributed by atoms with van der Waals surface area (Å²) >= 11 is 0. The molecule has 2 aromatic carbocycles. The number of benzene rings is 2. The SMILES string of the molecule is Cc1ccc(N2CCN(C(=O)c3ccccc3N3CCC(NC(=O)CC(C)(C)C)CC3)CC2)cc1C. The molecule has 2 aromatic rings. The van der Waals surface area contributed by atoms with Crippen molar-refractivity contribution in [3.63, 3.8) is 0 Å². The molecule has 1 N–H and O–H groups in total. The molecule has 0 spiro atoms. The minimum atomic E-state index is -0.00531. The normalized spacial score (nSPS) is 17.3. The van der Waals surface area contributed by atoms with Crippen LogP contribution in [0.15, 0.2) is 42.5 Å². The van der Waals surface area contributed by atoms with Crippen LogP contribution in [0.3, 0.4) is 0 Å². The predicted octanol–water partition coefficient (Wildman–Crippen LogP) is 4.79. The zero-order chi connectivity index (χ0) is 25.9. The van der Waals surface area contributed by atoms with Gasteiger partial charge >= 0.3 is 0 Å². The van der Waals surface area contributed by atoms with Crippen LogP contribution in [0.4, 0.5) is 11.4 Å². The highest BCUT2D eigenvalue weighted by Gasteiger charge is 2.28. The highest BCUT2D eigenvalue weighted by molar-refractivity contribution is 6.00. The van der Waals surface area contributed by atoms with Crippen molar-refractivity contribution in [2.75, 3.05) is 49.1 Å². The largest absolute Gasteiger partial charge is 0.371 e. The fraction of sp³-hybridized carbons (Fsp3) is 0.533. The lowest BCUT2D eigenvalue weighted by molar-refractivity contribution is -0.123. The first-order valence-electron chi connectivity index (χ1n) is 13.4. The lowest BCUT2D eigenvalue weighted by Gasteiger charge is -2.38. The molecule has 36 heavy (non-hydrogen) atoms. The van der Waals surface area contributed by atoms with Gasteiger partial charge < -0.3 is 20.0 Å². The van der Waals surface area contributed by atoms with Gasteiger partial charge in [0.05, 0.1) is 5.56 Å². The number of anilines is 2. The fourth-order valence-corrected chi connectivity index (χ4v) is 5.22. The summed E-state index contributed by atoms with van der Waals surface area (Å²) in [5, 5.41) is 3.22. The van der Waals surface area contributed by atoms with Crippen LogP contribution in [0.5, 0.6) is 0 Å². The van der Waals surface area contributed by atoms with Gasteiger partial charge in [-0.1, -0.05) is 39.0 Å². The summed E-state index contributed by atoms with van der Waals surface area (Å²) < 4.78 is 0. The molecule has 0 aromatic heterocycles. The second kappa shape index (κ2) is 10.9. The summed E-state index contributed by atoms with van der Waals surface area (Å²) in [6.45, 7) is 15.4. The monoisotopic (exact) mass is 490 g/mol. The number of hydrogen-bond acceptors (Lipinski definition) is 4. The van der Waals surface area contributed by atoms with Gasteiger partial charge in [-0.3, -0.25) is 9.59 Å². The number of rotatable bonds is 5. The Morgan fingerprint density at radius 1 is 0.861 bits per heavy atom. The van der Waals surface area contributed by atoms with Gasteiger partial charge in [0.1, 0.15) is 0 Å². The second-order valence-corrected chi connectivity index (χ2v) is 11.6. The van der Waals surface area contributed by atoms with E-state index in [1.54, 1.807) is 0 Å². The molecule has 0 radical (unpaired) electrons. The Labute approximate surface area is 216 Å². The molecular formula is C30H42N4O2. The predicted molar refractivity (Wildman–Crippen MR) is 148 cm³/mol. The zero-order valence-electron chi connectivity index (χ0n) is 22.6. The molecule has 2 aliphatic heterocycles. The molecule has 0 saturated carbocycles. The van der Waals surface area contributed by atoms with Crippen molar-refractivity contribution >= 4 is 23.2 Å². The van der Waals surface area contributed by atoms with Crippen LogP contribution in [0.25, 0.3) is 0 Å². The summed E-state index contributed by atoms with van der Waals surface area (Å²) in [6.07, 6.45) is 2.33. The number of amides is 2. The van der Waals surface area contributed by atoms with Crippen molar-refractivity contribution in [2.24, 2.45) is 5.41 Å². The molecular weight excluding hydrogens is 448 g/mol. The van der Waals surface area contributed by atoms with Crippen molar-refractivity contribution in [2.45, 2.75) is 59.9 Å². The molecule has 194 valence electrons. The third-order valence-corrected chi connectivity index (χ3v) is 7.45. The number of nitrogens with one attached hydrogen (secondary N) is 1. The van der Waals surface area contributed by atoms with Crippen molar-refractivity contribution in [1.82, 2.24) is 10.2 Å². The number of carbonyl (C=O) groups excluding carboxylic acids is 2. The average Bonchev–Trinajstić information content (AvgIpc) is 2.85. The van der Waals surface area contributed by atoms with Crippen LogP contribution >= 0.6 is 0 Å². The standard InChI is InChI=1S/C30H42N4O2/c1-22-10-11-25(20-23(22)2)32-16-18-34(19-17-32)29(36)26-8-6-7-9-27(26)33-14-12-24(13-15-33)31-28(35)21-30(3,4)5/h6-11,20,24H,12-19,21H2,1-5H3,(H,31,35). The van der Waals surface area contributed by atoms with Crippen molar-refractivity contribution in [3.8, 4) is 0 Å². The van der Waals surface area contributed by atoms with E-state index < -0.39 is 0 Å². The minimum Gasteiger partial charge on any atom is -0.371 e. The number of hydrogen-bond donors (Lipinski definition) is 1. The van der Waals surface area contributed by atoms with Crippen LogP contribution in [-0.2, 0) is 4.79 Å². The molecule has 2 aliphatic rings. The molecule has 2 fully saturated rings. The highest BCUT2D eigenvalue weighted by Crippen LogP contribution is 2.27. The molecule has 6 heteroatoms. The van der Waals surface area contributed by atoms with Crippen LogP contribution in [0.2, 0.25) is 0 Å². The summed E-state index contributed by atoms with van der Waals surface area (Å²) in [6, 6.07) is 14.8. The van der Waals surface area contributed by atoms with E-state index in [4.69, 9.17) is 0 Å². The molecule has 0 atom stereocenters. The summed E-state index contributed by atoms with van der Waals surface area (Å²) in [5.41, 5.74) is 5.64. The maximum Gasteiger partial charge on any atom is 0.256 e. The topological polar surface area (TPSA) is 55.9 Å². The molecule has 2 saturated heterocycles. The Balaban J connectivity index is 1.35. The Hall–Kier alpha value is -3.02. The number of nitrogens with zero attached hydrogens (tertiary/aromatic N) is 3. The van der Waals surface area contributed by atoms with Gasteiger partial charge in [0.15, 0.2) is 0 Å². The molecule has 0 bridgehead atoms. The maximum absolute atomic E-state index is 13.6. The first-order valence-corrected chi connectivity index (χ1v) is 13.4. The van der Waals surface area contributed by atoms with Gasteiger partial charge in [-0.05, 0) is 67.5 Å². The molecule has 6 nitrogen and oxygen atoms in total. The van der Waals surface area contributed by atoms with Gasteiger partial charge in [0.25, 0.3) is 5.91 Å². The van der Waals surface area contributed by atoms with Crippen LogP contribution in [0, 0.1) is 19.3 Å². The van der Waals surface area contributed by atoms with E-state index >= 15 is 0 Å². The van der Waals surface area contributed by atoms with E-state index in [1.807, 2.05) is 23.1 Å². The van der Waals surface area contributed by atoms with Crippen molar-refractivity contribution in [1.29, 1.82) is 0 Å². The third-order valence-electron chi connectivity index (χ3n) is 7.45. The van der Waals surface area contributed by atoms with Gasteiger partial charge in [-0.25, -0.2) is 0 Å². The Kier molecular flexibility index (Phi) is 7.91. The second-order valence-electron chi connectivity index (χ2n) is 11.6. The molecule has 0 aliphatic carbocycles. The van der Waals surface area contributed by atoms with E-state index in [0.29, 0.717) is 6.42 Å². The van der Waals surface area contributed by atoms with Crippen molar-refractivity contribution in [3.05, 3.63) is 59.2 Å². The zero-order valence-corrected chi connectivity index (χ0v) is 22.6. The third kappa shape index (κ3) is 6.40. The van der Waals surface area contributed by atoms with Gasteiger partial charge in [0, 0.05) is 63.1 Å². The number of piperazine rings is 1. The van der Waals surface area contributed by atoms with Crippen LogP contribution in [0.1, 0.15) is 61.5 Å². The van der Waals surface area contributed by atoms with Gasteiger partial charge in [0.2, 0.25) is 5.91 Å². The van der Waals surface area contributed by atoms with E-state index in [2.05, 4.69) is 74.0 Å². The summed E-state index contributed by atoms with van der Waals surface area (Å²) in [7, 11) is 0. The van der Waals surface area contributed by atoms with Gasteiger partial charge in [-0.2, -0.15) is 0 Å². The Morgan fingerprint density at radius 3 is 2.17 bits per heavy atom. The summed E-state index contributed by atoms with van der Waals surface area (Å²) in [4.78, 5) is 32.6. The number of carbonyl (C=O) groups is 2. The highest BCUT2D eigenvalue weighted by atomic mass is 16.2. The molecule has 0 unspecified atom stereocenters. The van der Waals surface area contributed by atoms with E-state index in [-0.39, 0.29) is 23.3 Å². The van der Waals surface area contributed by atoms with Gasteiger partial charge in [-0.15, -0.1) is 0 Å². The van der Waals surface area contributed by atoms with E-state index in [0.717, 1.165) is 63.4 Å². The smallest absolute Gasteiger partial charge is 0.256 e. The number of piperidine rings is 1. The molecule has 2 amide bonds. The van der Waals surface area contributed by atoms with E-state index in [1.165, 1.54) is 16.8 Å². The summed E-state index contributed by atoms with van der Waals surface area (Å²) in [5.74, 6) is 0.252. The first kappa shape index (κ1) is 26.1.